The minimum absolute atomic E-state index is 0.215. The lowest BCUT2D eigenvalue weighted by molar-refractivity contribution is 0.143. The number of ether oxygens (including phenoxy) is 1. The highest BCUT2D eigenvalue weighted by molar-refractivity contribution is 8.00. The fourth-order valence-electron chi connectivity index (χ4n) is 2.52. The van der Waals surface area contributed by atoms with Gasteiger partial charge in [-0.2, -0.15) is 0 Å². The van der Waals surface area contributed by atoms with Crippen molar-refractivity contribution in [2.75, 3.05) is 13.1 Å². The molecule has 2 aromatic rings. The van der Waals surface area contributed by atoms with Gasteiger partial charge in [0.05, 0.1) is 0 Å². The van der Waals surface area contributed by atoms with Crippen LogP contribution in [0.25, 0.3) is 0 Å². The molecule has 120 valence electrons. The summed E-state index contributed by atoms with van der Waals surface area (Å²) >= 11 is 1.75. The third-order valence-corrected chi connectivity index (χ3v) is 5.11. The predicted molar refractivity (Wildman–Crippen MR) is 89.3 cm³/mol. The Hall–Kier alpha value is -2.01. The zero-order valence-electron chi connectivity index (χ0n) is 12.7. The van der Waals surface area contributed by atoms with Crippen LogP contribution in [0, 0.1) is 5.82 Å². The topological polar surface area (TPSA) is 29.5 Å². The largest absolute Gasteiger partial charge is 0.415 e. The summed E-state index contributed by atoms with van der Waals surface area (Å²) in [6.07, 6.45) is 1.53. The zero-order valence-corrected chi connectivity index (χ0v) is 13.5. The molecule has 1 saturated heterocycles. The van der Waals surface area contributed by atoms with E-state index < -0.39 is 0 Å². The molecule has 0 aromatic heterocycles. The summed E-state index contributed by atoms with van der Waals surface area (Å²) in [5.74, 6) is 0.355. The molecule has 0 saturated carbocycles. The maximum absolute atomic E-state index is 12.9. The van der Waals surface area contributed by atoms with Crippen LogP contribution in [-0.4, -0.2) is 29.3 Å². The van der Waals surface area contributed by atoms with E-state index in [2.05, 4.69) is 0 Å². The molecule has 3 nitrogen and oxygen atoms in total. The molecule has 3 rings (SSSR count). The Morgan fingerprint density at radius 2 is 1.70 bits per heavy atom. The number of benzene rings is 2. The molecule has 0 bridgehead atoms. The van der Waals surface area contributed by atoms with Crippen LogP contribution in [-0.2, 0) is 0 Å². The standard InChI is InChI=1S/C18H18FNO2S/c19-14-6-8-16(9-7-14)23-17-10-12-20(13-11-17)18(21)22-15-4-2-1-3-5-15/h1-9,17H,10-13H2. The minimum atomic E-state index is -0.290. The fourth-order valence-corrected chi connectivity index (χ4v) is 3.64. The number of carbonyl (C=O) groups is 1. The van der Waals surface area contributed by atoms with Gasteiger partial charge in [-0.25, -0.2) is 9.18 Å². The highest BCUT2D eigenvalue weighted by Crippen LogP contribution is 2.30. The predicted octanol–water partition coefficient (Wildman–Crippen LogP) is 4.58. The molecule has 23 heavy (non-hydrogen) atoms. The summed E-state index contributed by atoms with van der Waals surface area (Å²) in [6, 6.07) is 15.7. The number of para-hydroxylation sites is 1. The van der Waals surface area contributed by atoms with Crippen molar-refractivity contribution in [3.05, 3.63) is 60.4 Å². The molecule has 1 fully saturated rings. The number of likely N-dealkylation sites (tertiary alicyclic amines) is 1. The molecule has 0 unspecified atom stereocenters. The van der Waals surface area contributed by atoms with Crippen LogP contribution >= 0.6 is 11.8 Å². The molecule has 0 aliphatic carbocycles. The van der Waals surface area contributed by atoms with Gasteiger partial charge in [-0.05, 0) is 49.2 Å². The van der Waals surface area contributed by atoms with Crippen LogP contribution in [0.2, 0.25) is 0 Å². The number of piperidine rings is 1. The molecule has 1 amide bonds. The first-order valence-corrected chi connectivity index (χ1v) is 8.53. The van der Waals surface area contributed by atoms with Gasteiger partial charge in [0.2, 0.25) is 0 Å². The van der Waals surface area contributed by atoms with Crippen molar-refractivity contribution < 1.29 is 13.9 Å². The average Bonchev–Trinajstić information content (AvgIpc) is 2.58. The van der Waals surface area contributed by atoms with E-state index in [0.29, 0.717) is 24.1 Å². The van der Waals surface area contributed by atoms with Crippen LogP contribution in [0.4, 0.5) is 9.18 Å². The van der Waals surface area contributed by atoms with E-state index in [9.17, 15) is 9.18 Å². The van der Waals surface area contributed by atoms with E-state index in [4.69, 9.17) is 4.74 Å². The molecular formula is C18H18FNO2S. The average molecular weight is 331 g/mol. The third kappa shape index (κ3) is 4.48. The molecule has 0 N–H and O–H groups in total. The summed E-state index contributed by atoms with van der Waals surface area (Å²) in [4.78, 5) is 14.9. The second-order valence-corrected chi connectivity index (χ2v) is 6.81. The van der Waals surface area contributed by atoms with Crippen molar-refractivity contribution in [2.45, 2.75) is 23.0 Å². The van der Waals surface area contributed by atoms with E-state index in [0.717, 1.165) is 17.7 Å². The summed E-state index contributed by atoms with van der Waals surface area (Å²) in [7, 11) is 0. The number of amides is 1. The third-order valence-electron chi connectivity index (χ3n) is 3.76. The molecular weight excluding hydrogens is 313 g/mol. The first-order chi connectivity index (χ1) is 11.2. The zero-order chi connectivity index (χ0) is 16.1. The summed E-state index contributed by atoms with van der Waals surface area (Å²) in [5.41, 5.74) is 0. The first-order valence-electron chi connectivity index (χ1n) is 7.65. The maximum atomic E-state index is 12.9. The SMILES string of the molecule is O=C(Oc1ccccc1)N1CCC(Sc2ccc(F)cc2)CC1. The molecule has 1 aliphatic rings. The summed E-state index contributed by atoms with van der Waals surface area (Å²) < 4.78 is 18.3. The second kappa shape index (κ2) is 7.51. The Bertz CT molecular complexity index is 640. The molecule has 0 radical (unpaired) electrons. The number of nitrogens with zero attached hydrogens (tertiary/aromatic N) is 1. The highest BCUT2D eigenvalue weighted by atomic mass is 32.2. The number of rotatable bonds is 3. The Labute approximate surface area is 139 Å². The Morgan fingerprint density at radius 1 is 1.04 bits per heavy atom. The van der Waals surface area contributed by atoms with Gasteiger partial charge < -0.3 is 9.64 Å². The lowest BCUT2D eigenvalue weighted by Gasteiger charge is -2.30. The molecule has 0 spiro atoms. The van der Waals surface area contributed by atoms with Gasteiger partial charge in [0, 0.05) is 23.2 Å². The summed E-state index contributed by atoms with van der Waals surface area (Å²) in [6.45, 7) is 1.37. The van der Waals surface area contributed by atoms with E-state index in [1.54, 1.807) is 40.9 Å². The maximum Gasteiger partial charge on any atom is 0.415 e. The van der Waals surface area contributed by atoms with Gasteiger partial charge in [0.1, 0.15) is 11.6 Å². The molecule has 0 atom stereocenters. The number of hydrogen-bond donors (Lipinski definition) is 0. The lowest BCUT2D eigenvalue weighted by atomic mass is 10.1. The summed E-state index contributed by atoms with van der Waals surface area (Å²) in [5, 5.41) is 0.446. The van der Waals surface area contributed by atoms with E-state index >= 15 is 0 Å². The van der Waals surface area contributed by atoms with Crippen molar-refractivity contribution in [3.8, 4) is 5.75 Å². The minimum Gasteiger partial charge on any atom is -0.410 e. The van der Waals surface area contributed by atoms with E-state index in [1.807, 2.05) is 18.2 Å². The normalized spacial score (nSPS) is 15.4. The van der Waals surface area contributed by atoms with Crippen molar-refractivity contribution in [3.63, 3.8) is 0 Å². The number of halogens is 1. The van der Waals surface area contributed by atoms with Gasteiger partial charge in [-0.3, -0.25) is 0 Å². The Kier molecular flexibility index (Phi) is 5.18. The fraction of sp³-hybridized carbons (Fsp3) is 0.278. The Morgan fingerprint density at radius 3 is 2.35 bits per heavy atom. The van der Waals surface area contributed by atoms with Gasteiger partial charge in [0.15, 0.2) is 0 Å². The number of thioether (sulfide) groups is 1. The lowest BCUT2D eigenvalue weighted by Crippen LogP contribution is -2.40. The van der Waals surface area contributed by atoms with Crippen molar-refractivity contribution in [1.82, 2.24) is 4.90 Å². The first kappa shape index (κ1) is 15.9. The van der Waals surface area contributed by atoms with Crippen molar-refractivity contribution >= 4 is 17.9 Å². The quantitative estimate of drug-likeness (QED) is 0.824. The smallest absolute Gasteiger partial charge is 0.410 e. The van der Waals surface area contributed by atoms with Gasteiger partial charge in [0.25, 0.3) is 0 Å². The number of carbonyl (C=O) groups excluding carboxylic acids is 1. The van der Waals surface area contributed by atoms with Crippen LogP contribution < -0.4 is 4.74 Å². The number of hydrogen-bond acceptors (Lipinski definition) is 3. The molecule has 2 aromatic carbocycles. The Balaban J connectivity index is 1.48. The van der Waals surface area contributed by atoms with E-state index in [1.165, 1.54) is 12.1 Å². The van der Waals surface area contributed by atoms with Gasteiger partial charge in [-0.15, -0.1) is 11.8 Å². The van der Waals surface area contributed by atoms with Gasteiger partial charge >= 0.3 is 6.09 Å². The van der Waals surface area contributed by atoms with Crippen molar-refractivity contribution in [1.29, 1.82) is 0 Å². The van der Waals surface area contributed by atoms with Crippen LogP contribution in [0.5, 0.6) is 5.75 Å². The van der Waals surface area contributed by atoms with Crippen LogP contribution in [0.1, 0.15) is 12.8 Å². The van der Waals surface area contributed by atoms with Gasteiger partial charge in [-0.1, -0.05) is 18.2 Å². The van der Waals surface area contributed by atoms with Crippen LogP contribution in [0.15, 0.2) is 59.5 Å². The monoisotopic (exact) mass is 331 g/mol. The van der Waals surface area contributed by atoms with Crippen LogP contribution in [0.3, 0.4) is 0 Å². The highest BCUT2D eigenvalue weighted by Gasteiger charge is 2.24. The second-order valence-electron chi connectivity index (χ2n) is 5.44. The molecule has 1 aliphatic heterocycles. The van der Waals surface area contributed by atoms with Crippen molar-refractivity contribution in [2.24, 2.45) is 0 Å². The molecule has 1 heterocycles. The molecule has 5 heteroatoms. The van der Waals surface area contributed by atoms with E-state index in [-0.39, 0.29) is 11.9 Å².